The number of nitrogens with zero attached hydrogens (tertiary/aromatic N) is 2. The molecule has 1 fully saturated rings. The molecule has 32 heavy (non-hydrogen) atoms. The first-order valence-electron chi connectivity index (χ1n) is 10.2. The van der Waals surface area contributed by atoms with Crippen molar-refractivity contribution in [2.45, 2.75) is 32.2 Å². The van der Waals surface area contributed by atoms with Gasteiger partial charge in [0.05, 0.1) is 6.54 Å². The van der Waals surface area contributed by atoms with Crippen molar-refractivity contribution in [3.8, 4) is 22.9 Å². The summed E-state index contributed by atoms with van der Waals surface area (Å²) in [7, 11) is 0. The second-order valence-corrected chi connectivity index (χ2v) is 8.40. The summed E-state index contributed by atoms with van der Waals surface area (Å²) < 4.78 is 11.7. The zero-order valence-corrected chi connectivity index (χ0v) is 18.1. The highest BCUT2D eigenvalue weighted by Crippen LogP contribution is 2.43. The summed E-state index contributed by atoms with van der Waals surface area (Å²) in [5.41, 5.74) is 1.74. The summed E-state index contributed by atoms with van der Waals surface area (Å²) in [5, 5.41) is 7.76. The van der Waals surface area contributed by atoms with E-state index in [4.69, 9.17) is 8.83 Å². The van der Waals surface area contributed by atoms with Crippen molar-refractivity contribution in [2.24, 2.45) is 0 Å². The lowest BCUT2D eigenvalue weighted by Crippen LogP contribution is -2.18. The molecule has 5 rings (SSSR count). The number of carbonyl (C=O) groups is 2. The fourth-order valence-electron chi connectivity index (χ4n) is 3.24. The van der Waals surface area contributed by atoms with E-state index in [0.717, 1.165) is 18.4 Å². The van der Waals surface area contributed by atoms with Gasteiger partial charge in [-0.15, -0.1) is 11.3 Å². The number of rotatable bonds is 7. The van der Waals surface area contributed by atoms with Crippen molar-refractivity contribution >= 4 is 28.3 Å². The van der Waals surface area contributed by atoms with Gasteiger partial charge in [-0.25, -0.2) is 9.97 Å². The molecule has 4 aromatic rings. The Balaban J connectivity index is 1.32. The molecule has 9 heteroatoms. The molecule has 3 heterocycles. The van der Waals surface area contributed by atoms with Gasteiger partial charge in [-0.1, -0.05) is 18.2 Å². The summed E-state index contributed by atoms with van der Waals surface area (Å²) in [6.07, 6.45) is 1.98. The lowest BCUT2D eigenvalue weighted by molar-refractivity contribution is -0.119. The number of oxazole rings is 1. The molecule has 2 N–H and O–H groups in total. The lowest BCUT2D eigenvalue weighted by Gasteiger charge is -2.00. The van der Waals surface area contributed by atoms with E-state index >= 15 is 0 Å². The molecular weight excluding hydrogens is 428 g/mol. The molecule has 0 radical (unpaired) electrons. The number of hydrogen-bond acceptors (Lipinski definition) is 7. The highest BCUT2D eigenvalue weighted by atomic mass is 32.1. The van der Waals surface area contributed by atoms with Crippen LogP contribution in [0, 0.1) is 0 Å². The normalized spacial score (nSPS) is 13.2. The first kappa shape index (κ1) is 20.2. The van der Waals surface area contributed by atoms with Crippen molar-refractivity contribution in [3.05, 3.63) is 65.1 Å². The van der Waals surface area contributed by atoms with Crippen LogP contribution in [-0.4, -0.2) is 21.8 Å². The van der Waals surface area contributed by atoms with E-state index in [1.54, 1.807) is 17.5 Å². The van der Waals surface area contributed by atoms with E-state index in [9.17, 15) is 9.59 Å². The number of furan rings is 1. The highest BCUT2D eigenvalue weighted by Gasteiger charge is 2.34. The standard InChI is InChI=1S/C23H20N4O4S/c1-13(28)24-11-16-9-10-18(30-16)17-12-32-23(25-17)27-21(29)19-20(14-7-8-14)31-22(26-19)15-5-3-2-4-6-15/h2-6,9-10,12,14H,7-8,11H2,1H3,(H,24,28)(H,25,27,29). The summed E-state index contributed by atoms with van der Waals surface area (Å²) >= 11 is 1.30. The number of benzene rings is 1. The predicted molar refractivity (Wildman–Crippen MR) is 119 cm³/mol. The monoisotopic (exact) mass is 448 g/mol. The van der Waals surface area contributed by atoms with Gasteiger partial charge in [-0.3, -0.25) is 14.9 Å². The zero-order chi connectivity index (χ0) is 22.1. The number of hydrogen-bond donors (Lipinski definition) is 2. The van der Waals surface area contributed by atoms with Gasteiger partial charge in [0.1, 0.15) is 17.2 Å². The Morgan fingerprint density at radius 2 is 1.91 bits per heavy atom. The number of aromatic nitrogens is 2. The van der Waals surface area contributed by atoms with Crippen molar-refractivity contribution in [1.29, 1.82) is 0 Å². The molecule has 0 spiro atoms. The number of amides is 2. The topological polar surface area (TPSA) is 110 Å². The van der Waals surface area contributed by atoms with E-state index in [-0.39, 0.29) is 17.7 Å². The van der Waals surface area contributed by atoms with Gasteiger partial charge in [0.25, 0.3) is 5.91 Å². The fraction of sp³-hybridized carbons (Fsp3) is 0.217. The van der Waals surface area contributed by atoms with Crippen LogP contribution in [0.3, 0.4) is 0 Å². The molecule has 1 saturated carbocycles. The first-order valence-corrected chi connectivity index (χ1v) is 11.1. The molecule has 2 amide bonds. The lowest BCUT2D eigenvalue weighted by atomic mass is 10.2. The summed E-state index contributed by atoms with van der Waals surface area (Å²) in [5.74, 6) is 2.02. The highest BCUT2D eigenvalue weighted by molar-refractivity contribution is 7.14. The molecule has 1 aliphatic rings. The maximum atomic E-state index is 13.0. The van der Waals surface area contributed by atoms with Crippen molar-refractivity contribution < 1.29 is 18.4 Å². The van der Waals surface area contributed by atoms with E-state index < -0.39 is 0 Å². The Morgan fingerprint density at radius 1 is 1.09 bits per heavy atom. The molecule has 162 valence electrons. The van der Waals surface area contributed by atoms with Gasteiger partial charge in [-0.05, 0) is 37.1 Å². The SMILES string of the molecule is CC(=O)NCc1ccc(-c2csc(NC(=O)c3nc(-c4ccccc4)oc3C3CC3)n2)o1. The minimum atomic E-state index is -0.343. The maximum absolute atomic E-state index is 13.0. The third-order valence-electron chi connectivity index (χ3n) is 4.99. The third-order valence-corrected chi connectivity index (χ3v) is 5.75. The molecule has 8 nitrogen and oxygen atoms in total. The molecule has 1 aromatic carbocycles. The van der Waals surface area contributed by atoms with E-state index in [2.05, 4.69) is 20.6 Å². The summed E-state index contributed by atoms with van der Waals surface area (Å²) in [6.45, 7) is 1.76. The second-order valence-electron chi connectivity index (χ2n) is 7.54. The second kappa shape index (κ2) is 8.43. The quantitative estimate of drug-likeness (QED) is 0.419. The van der Waals surface area contributed by atoms with Crippen molar-refractivity contribution in [2.75, 3.05) is 5.32 Å². The van der Waals surface area contributed by atoms with Crippen LogP contribution in [0.2, 0.25) is 0 Å². The zero-order valence-electron chi connectivity index (χ0n) is 17.3. The molecular formula is C23H20N4O4S. The Labute approximate surface area is 187 Å². The van der Waals surface area contributed by atoms with Gasteiger partial charge in [-0.2, -0.15) is 0 Å². The molecule has 0 atom stereocenters. The average molecular weight is 449 g/mol. The average Bonchev–Trinajstić information content (AvgIpc) is 3.19. The largest absolute Gasteiger partial charge is 0.458 e. The molecule has 0 bridgehead atoms. The van der Waals surface area contributed by atoms with Crippen LogP contribution in [0.15, 0.2) is 56.7 Å². The number of thiazole rings is 1. The minimum absolute atomic E-state index is 0.129. The molecule has 3 aromatic heterocycles. The van der Waals surface area contributed by atoms with Gasteiger partial charge in [0.15, 0.2) is 16.6 Å². The first-order chi connectivity index (χ1) is 15.6. The fourth-order valence-corrected chi connectivity index (χ4v) is 3.94. The van der Waals surface area contributed by atoms with Crippen LogP contribution in [-0.2, 0) is 11.3 Å². The van der Waals surface area contributed by atoms with Gasteiger partial charge >= 0.3 is 0 Å². The van der Waals surface area contributed by atoms with Crippen LogP contribution >= 0.6 is 11.3 Å². The van der Waals surface area contributed by atoms with Gasteiger partial charge in [0.2, 0.25) is 11.8 Å². The van der Waals surface area contributed by atoms with Crippen molar-refractivity contribution in [3.63, 3.8) is 0 Å². The van der Waals surface area contributed by atoms with Crippen LogP contribution in [0.5, 0.6) is 0 Å². The summed E-state index contributed by atoms with van der Waals surface area (Å²) in [6, 6.07) is 13.1. The van der Waals surface area contributed by atoms with Crippen molar-refractivity contribution in [1.82, 2.24) is 15.3 Å². The molecule has 0 unspecified atom stereocenters. The number of nitrogens with one attached hydrogen (secondary N) is 2. The summed E-state index contributed by atoms with van der Waals surface area (Å²) in [4.78, 5) is 33.0. The Hall–Kier alpha value is -3.72. The third kappa shape index (κ3) is 4.33. The van der Waals surface area contributed by atoms with E-state index in [1.165, 1.54) is 18.3 Å². The Bertz CT molecular complexity index is 1270. The number of anilines is 1. The predicted octanol–water partition coefficient (Wildman–Crippen LogP) is 4.82. The molecule has 0 aliphatic heterocycles. The van der Waals surface area contributed by atoms with E-state index in [1.807, 2.05) is 30.3 Å². The Morgan fingerprint density at radius 3 is 2.66 bits per heavy atom. The molecule has 1 aliphatic carbocycles. The van der Waals surface area contributed by atoms with Crippen LogP contribution in [0.25, 0.3) is 22.9 Å². The number of carbonyl (C=O) groups excluding carboxylic acids is 2. The Kier molecular flexibility index (Phi) is 5.32. The maximum Gasteiger partial charge on any atom is 0.279 e. The van der Waals surface area contributed by atoms with Gasteiger partial charge < -0.3 is 14.2 Å². The molecule has 0 saturated heterocycles. The van der Waals surface area contributed by atoms with Crippen LogP contribution in [0.4, 0.5) is 5.13 Å². The smallest absolute Gasteiger partial charge is 0.279 e. The van der Waals surface area contributed by atoms with E-state index in [0.29, 0.717) is 46.2 Å². The van der Waals surface area contributed by atoms with Gasteiger partial charge in [0, 0.05) is 23.8 Å². The van der Waals surface area contributed by atoms with Crippen LogP contribution < -0.4 is 10.6 Å². The van der Waals surface area contributed by atoms with Crippen LogP contribution in [0.1, 0.15) is 47.7 Å². The minimum Gasteiger partial charge on any atom is -0.458 e.